The van der Waals surface area contributed by atoms with Crippen molar-refractivity contribution in [2.24, 2.45) is 5.92 Å². The van der Waals surface area contributed by atoms with Gasteiger partial charge in [-0.05, 0) is 61.9 Å². The highest BCUT2D eigenvalue weighted by Gasteiger charge is 2.38. The predicted molar refractivity (Wildman–Crippen MR) is 129 cm³/mol. The largest absolute Gasteiger partial charge is 0.480 e. The number of aliphatic carboxylic acids is 1. The first-order chi connectivity index (χ1) is 16.5. The SMILES string of the molecule is Cc1nc(N)ccc1CNC(=O)C(C)NC(=O)[C@H]1C[C@H](Cc2ccc(F)c(Cl)c2)CN1CC(=O)O. The summed E-state index contributed by atoms with van der Waals surface area (Å²) < 4.78 is 13.5. The number of carbonyl (C=O) groups excluding carboxylic acids is 2. The van der Waals surface area contributed by atoms with Gasteiger partial charge in [-0.1, -0.05) is 23.7 Å². The molecule has 0 bridgehead atoms. The summed E-state index contributed by atoms with van der Waals surface area (Å²) in [5.74, 6) is -2.00. The molecule has 1 aromatic carbocycles. The number of carboxylic acid groups (broad SMARTS) is 1. The van der Waals surface area contributed by atoms with Gasteiger partial charge in [-0.15, -0.1) is 0 Å². The maximum Gasteiger partial charge on any atom is 0.317 e. The second-order valence-electron chi connectivity index (χ2n) is 8.82. The molecule has 2 heterocycles. The third-order valence-corrected chi connectivity index (χ3v) is 6.35. The molecule has 0 spiro atoms. The fourth-order valence-electron chi connectivity index (χ4n) is 4.27. The first-order valence-electron chi connectivity index (χ1n) is 11.2. The number of carboxylic acids is 1. The molecule has 5 N–H and O–H groups in total. The van der Waals surface area contributed by atoms with Crippen LogP contribution in [0.5, 0.6) is 0 Å². The van der Waals surface area contributed by atoms with Gasteiger partial charge < -0.3 is 21.5 Å². The van der Waals surface area contributed by atoms with E-state index in [1.807, 2.05) is 0 Å². The first-order valence-corrected chi connectivity index (χ1v) is 11.6. The number of nitrogens with two attached hydrogens (primary N) is 1. The minimum atomic E-state index is -1.05. The van der Waals surface area contributed by atoms with Crippen LogP contribution in [0.15, 0.2) is 30.3 Å². The highest BCUT2D eigenvalue weighted by molar-refractivity contribution is 6.30. The minimum Gasteiger partial charge on any atom is -0.480 e. The zero-order valence-electron chi connectivity index (χ0n) is 19.6. The molecule has 0 radical (unpaired) electrons. The molecular weight excluding hydrogens is 477 g/mol. The Balaban J connectivity index is 1.59. The van der Waals surface area contributed by atoms with Crippen LogP contribution in [0.4, 0.5) is 10.2 Å². The van der Waals surface area contributed by atoms with Crippen LogP contribution in [0, 0.1) is 18.7 Å². The summed E-state index contributed by atoms with van der Waals surface area (Å²) in [7, 11) is 0. The summed E-state index contributed by atoms with van der Waals surface area (Å²) in [5.41, 5.74) is 7.95. The number of carbonyl (C=O) groups is 3. The number of aromatic nitrogens is 1. The van der Waals surface area contributed by atoms with Gasteiger partial charge in [0, 0.05) is 18.8 Å². The van der Waals surface area contributed by atoms with Gasteiger partial charge in [-0.3, -0.25) is 19.3 Å². The van der Waals surface area contributed by atoms with Crippen molar-refractivity contribution >= 4 is 35.2 Å². The number of benzene rings is 1. The molecule has 9 nitrogen and oxygen atoms in total. The van der Waals surface area contributed by atoms with E-state index >= 15 is 0 Å². The molecule has 35 heavy (non-hydrogen) atoms. The van der Waals surface area contributed by atoms with E-state index in [0.717, 1.165) is 11.1 Å². The Morgan fingerprint density at radius 3 is 2.71 bits per heavy atom. The van der Waals surface area contributed by atoms with Crippen molar-refractivity contribution in [1.82, 2.24) is 20.5 Å². The summed E-state index contributed by atoms with van der Waals surface area (Å²) in [4.78, 5) is 42.6. The van der Waals surface area contributed by atoms with Crippen molar-refractivity contribution in [3.63, 3.8) is 0 Å². The molecule has 1 aliphatic heterocycles. The molecule has 1 aliphatic rings. The summed E-state index contributed by atoms with van der Waals surface area (Å²) in [5, 5.41) is 14.8. The molecule has 2 amide bonds. The molecule has 11 heteroatoms. The second kappa shape index (κ2) is 11.5. The number of hydrogen-bond donors (Lipinski definition) is 4. The highest BCUT2D eigenvalue weighted by Crippen LogP contribution is 2.28. The number of rotatable bonds is 9. The molecule has 0 saturated carbocycles. The van der Waals surface area contributed by atoms with Crippen molar-refractivity contribution in [3.05, 3.63) is 58.0 Å². The van der Waals surface area contributed by atoms with Gasteiger partial charge in [-0.25, -0.2) is 9.37 Å². The molecule has 1 fully saturated rings. The molecule has 2 aromatic rings. The molecular formula is C24H29ClFN5O4. The predicted octanol–water partition coefficient (Wildman–Crippen LogP) is 1.90. The monoisotopic (exact) mass is 505 g/mol. The lowest BCUT2D eigenvalue weighted by Gasteiger charge is -2.23. The van der Waals surface area contributed by atoms with Gasteiger partial charge in [0.1, 0.15) is 17.7 Å². The molecule has 1 saturated heterocycles. The number of nitrogen functional groups attached to an aromatic ring is 1. The number of likely N-dealkylation sites (tertiary alicyclic amines) is 1. The number of nitrogens with zero attached hydrogens (tertiary/aromatic N) is 2. The quantitative estimate of drug-likeness (QED) is 0.408. The molecule has 1 unspecified atom stereocenters. The van der Waals surface area contributed by atoms with Crippen LogP contribution in [0.2, 0.25) is 5.02 Å². The van der Waals surface area contributed by atoms with E-state index in [9.17, 15) is 23.9 Å². The average molecular weight is 506 g/mol. The van der Waals surface area contributed by atoms with Crippen molar-refractivity contribution in [2.45, 2.75) is 45.3 Å². The van der Waals surface area contributed by atoms with E-state index in [1.54, 1.807) is 36.9 Å². The van der Waals surface area contributed by atoms with E-state index < -0.39 is 29.8 Å². The van der Waals surface area contributed by atoms with E-state index in [-0.39, 0.29) is 29.9 Å². The topological polar surface area (TPSA) is 138 Å². The van der Waals surface area contributed by atoms with Gasteiger partial charge in [0.05, 0.1) is 17.6 Å². The number of amides is 2. The molecule has 188 valence electrons. The maximum atomic E-state index is 13.5. The fraction of sp³-hybridized carbons (Fsp3) is 0.417. The standard InChI is InChI=1S/C24H29ClFN5O4/c1-13-17(4-6-21(27)29-13)10-28-23(34)14(2)30-24(35)20-9-16(11-31(20)12-22(32)33)7-15-3-5-19(26)18(25)8-15/h3-6,8,14,16,20H,7,9-12H2,1-2H3,(H2,27,29)(H,28,34)(H,30,35)(H,32,33)/t14?,16-,20+/m0/s1. The Morgan fingerprint density at radius 2 is 2.06 bits per heavy atom. The van der Waals surface area contributed by atoms with Crippen molar-refractivity contribution in [1.29, 1.82) is 0 Å². The number of anilines is 1. The molecule has 0 aliphatic carbocycles. The zero-order chi connectivity index (χ0) is 25.7. The van der Waals surface area contributed by atoms with Crippen LogP contribution < -0.4 is 16.4 Å². The lowest BCUT2D eigenvalue weighted by molar-refractivity contribution is -0.139. The Labute approximate surface area is 207 Å². The van der Waals surface area contributed by atoms with Crippen molar-refractivity contribution < 1.29 is 23.9 Å². The third-order valence-electron chi connectivity index (χ3n) is 6.06. The maximum absolute atomic E-state index is 13.5. The van der Waals surface area contributed by atoms with E-state index in [4.69, 9.17) is 17.3 Å². The van der Waals surface area contributed by atoms with Crippen LogP contribution in [0.25, 0.3) is 0 Å². The smallest absolute Gasteiger partial charge is 0.317 e. The number of halogens is 2. The molecule has 3 atom stereocenters. The lowest BCUT2D eigenvalue weighted by Crippen LogP contribution is -2.51. The van der Waals surface area contributed by atoms with Crippen molar-refractivity contribution in [2.75, 3.05) is 18.8 Å². The van der Waals surface area contributed by atoms with Gasteiger partial charge in [0.2, 0.25) is 11.8 Å². The molecule has 1 aromatic heterocycles. The summed E-state index contributed by atoms with van der Waals surface area (Å²) >= 11 is 5.87. The number of pyridine rings is 1. The Morgan fingerprint density at radius 1 is 1.31 bits per heavy atom. The van der Waals surface area contributed by atoms with Crippen LogP contribution in [-0.4, -0.2) is 57.9 Å². The second-order valence-corrected chi connectivity index (χ2v) is 9.23. The van der Waals surface area contributed by atoms with Gasteiger partial charge in [0.15, 0.2) is 0 Å². The first kappa shape index (κ1) is 26.4. The van der Waals surface area contributed by atoms with E-state index in [0.29, 0.717) is 30.9 Å². The number of nitrogens with one attached hydrogen (secondary N) is 2. The summed E-state index contributed by atoms with van der Waals surface area (Å²) in [6, 6.07) is 6.34. The van der Waals surface area contributed by atoms with Gasteiger partial charge >= 0.3 is 5.97 Å². The van der Waals surface area contributed by atoms with Crippen molar-refractivity contribution in [3.8, 4) is 0 Å². The highest BCUT2D eigenvalue weighted by atomic mass is 35.5. The lowest BCUT2D eigenvalue weighted by atomic mass is 9.96. The van der Waals surface area contributed by atoms with Crippen LogP contribution in [0.3, 0.4) is 0 Å². The number of hydrogen-bond acceptors (Lipinski definition) is 6. The Kier molecular flexibility index (Phi) is 8.63. The summed E-state index contributed by atoms with van der Waals surface area (Å²) in [6.07, 6.45) is 0.920. The zero-order valence-corrected chi connectivity index (χ0v) is 20.3. The Hall–Kier alpha value is -3.24. The van der Waals surface area contributed by atoms with E-state index in [2.05, 4.69) is 15.6 Å². The third kappa shape index (κ3) is 7.12. The normalized spacial score (nSPS) is 18.7. The minimum absolute atomic E-state index is 0.0157. The van der Waals surface area contributed by atoms with Gasteiger partial charge in [-0.2, -0.15) is 0 Å². The van der Waals surface area contributed by atoms with Crippen LogP contribution >= 0.6 is 11.6 Å². The number of aryl methyl sites for hydroxylation is 1. The molecule has 3 rings (SSSR count). The summed E-state index contributed by atoms with van der Waals surface area (Å²) in [6.45, 7) is 3.66. The fourth-order valence-corrected chi connectivity index (χ4v) is 4.48. The Bertz CT molecular complexity index is 1120. The average Bonchev–Trinajstić information content (AvgIpc) is 3.16. The van der Waals surface area contributed by atoms with E-state index in [1.165, 1.54) is 12.1 Å². The van der Waals surface area contributed by atoms with Gasteiger partial charge in [0.25, 0.3) is 0 Å². The van der Waals surface area contributed by atoms with Crippen LogP contribution in [-0.2, 0) is 27.3 Å². The van der Waals surface area contributed by atoms with Crippen LogP contribution in [0.1, 0.15) is 30.2 Å².